The molecule has 5 nitrogen and oxygen atoms in total. The molecule has 4 rings (SSSR count). The lowest BCUT2D eigenvalue weighted by atomic mass is 9.84. The molecule has 0 aliphatic heterocycles. The first-order chi connectivity index (χ1) is 15.7. The molecule has 33 heavy (non-hydrogen) atoms. The van der Waals surface area contributed by atoms with Gasteiger partial charge in [-0.1, -0.05) is 53.2 Å². The van der Waals surface area contributed by atoms with Crippen molar-refractivity contribution in [2.24, 2.45) is 5.73 Å². The second-order valence-electron chi connectivity index (χ2n) is 7.46. The summed E-state index contributed by atoms with van der Waals surface area (Å²) in [6, 6.07) is 18.6. The van der Waals surface area contributed by atoms with Crippen LogP contribution in [0.1, 0.15) is 33.7 Å². The quantitative estimate of drug-likeness (QED) is 0.440. The Hall–Kier alpha value is -3.94. The van der Waals surface area contributed by atoms with Crippen molar-refractivity contribution in [2.75, 3.05) is 0 Å². The number of nitrogens with zero attached hydrogens (tertiary/aromatic N) is 1. The fourth-order valence-electron chi connectivity index (χ4n) is 3.68. The Balaban J connectivity index is 0.000000968. The van der Waals surface area contributed by atoms with Crippen LogP contribution in [0.3, 0.4) is 0 Å². The molecule has 3 aromatic carbocycles. The second-order valence-corrected chi connectivity index (χ2v) is 7.46. The SMILES string of the molecule is Cc1cccc(CC(c2ccc(C(F)(F)F)cc2)c2ccc3c(=O)oncc3c2)c1.NC=O. The third-order valence-electron chi connectivity index (χ3n) is 5.19. The third kappa shape index (κ3) is 5.85. The molecule has 0 radical (unpaired) electrons. The minimum atomic E-state index is -4.38. The average molecular weight is 454 g/mol. The van der Waals surface area contributed by atoms with Gasteiger partial charge in [0.15, 0.2) is 0 Å². The first-order valence-electron chi connectivity index (χ1n) is 9.99. The number of benzene rings is 3. The maximum atomic E-state index is 13.0. The van der Waals surface area contributed by atoms with Gasteiger partial charge >= 0.3 is 11.8 Å². The number of carbonyl (C=O) groups is 1. The fraction of sp³-hybridized carbons (Fsp3) is 0.160. The fourth-order valence-corrected chi connectivity index (χ4v) is 3.68. The number of halogens is 3. The number of primary amides is 1. The molecule has 8 heteroatoms. The average Bonchev–Trinajstić information content (AvgIpc) is 2.78. The Morgan fingerprint density at radius 1 is 1.03 bits per heavy atom. The van der Waals surface area contributed by atoms with E-state index in [1.807, 2.05) is 37.3 Å². The van der Waals surface area contributed by atoms with E-state index in [4.69, 9.17) is 4.79 Å². The van der Waals surface area contributed by atoms with E-state index in [9.17, 15) is 18.0 Å². The van der Waals surface area contributed by atoms with Crippen LogP contribution in [0.25, 0.3) is 10.8 Å². The van der Waals surface area contributed by atoms with Crippen LogP contribution in [0.4, 0.5) is 13.2 Å². The highest BCUT2D eigenvalue weighted by Gasteiger charge is 2.30. The monoisotopic (exact) mass is 454 g/mol. The highest BCUT2D eigenvalue weighted by atomic mass is 19.4. The van der Waals surface area contributed by atoms with Crippen LogP contribution in [0, 0.1) is 6.92 Å². The molecule has 1 atom stereocenters. The number of amides is 1. The van der Waals surface area contributed by atoms with Crippen molar-refractivity contribution in [1.29, 1.82) is 0 Å². The number of carbonyl (C=O) groups excluding carboxylic acids is 1. The summed E-state index contributed by atoms with van der Waals surface area (Å²) in [4.78, 5) is 20.4. The van der Waals surface area contributed by atoms with Gasteiger partial charge < -0.3 is 10.3 Å². The largest absolute Gasteiger partial charge is 0.416 e. The van der Waals surface area contributed by atoms with Gasteiger partial charge in [-0.25, -0.2) is 4.79 Å². The summed E-state index contributed by atoms with van der Waals surface area (Å²) in [6.45, 7) is 2.00. The van der Waals surface area contributed by atoms with Gasteiger partial charge in [0.05, 0.1) is 17.1 Å². The molecule has 0 saturated heterocycles. The van der Waals surface area contributed by atoms with E-state index in [2.05, 4.69) is 21.5 Å². The molecule has 0 bridgehead atoms. The number of alkyl halides is 3. The molecular formula is C25H21F3N2O3. The van der Waals surface area contributed by atoms with Crippen LogP contribution in [-0.2, 0) is 17.4 Å². The zero-order chi connectivity index (χ0) is 24.0. The maximum absolute atomic E-state index is 13.0. The van der Waals surface area contributed by atoms with Gasteiger partial charge in [0.2, 0.25) is 6.41 Å². The predicted octanol–water partition coefficient (Wildman–Crippen LogP) is 4.99. The van der Waals surface area contributed by atoms with E-state index in [1.165, 1.54) is 18.3 Å². The van der Waals surface area contributed by atoms with Crippen molar-refractivity contribution in [3.05, 3.63) is 111 Å². The molecule has 1 heterocycles. The Kier molecular flexibility index (Phi) is 7.27. The second kappa shape index (κ2) is 10.1. The summed E-state index contributed by atoms with van der Waals surface area (Å²) in [5.41, 5.74) is 6.80. The number of fused-ring (bicyclic) bond motifs is 1. The number of rotatable bonds is 4. The molecule has 0 fully saturated rings. The number of hydrogen-bond acceptors (Lipinski definition) is 4. The van der Waals surface area contributed by atoms with Crippen molar-refractivity contribution < 1.29 is 22.5 Å². The Bertz CT molecular complexity index is 1300. The topological polar surface area (TPSA) is 86.2 Å². The van der Waals surface area contributed by atoms with Gasteiger partial charge in [-0.2, -0.15) is 13.2 Å². The Morgan fingerprint density at radius 3 is 2.33 bits per heavy atom. The minimum absolute atomic E-state index is 0.189. The van der Waals surface area contributed by atoms with E-state index in [1.54, 1.807) is 6.07 Å². The number of aryl methyl sites for hydroxylation is 1. The van der Waals surface area contributed by atoms with Crippen LogP contribution in [0.5, 0.6) is 0 Å². The molecule has 1 unspecified atom stereocenters. The third-order valence-corrected chi connectivity index (χ3v) is 5.19. The van der Waals surface area contributed by atoms with Gasteiger partial charge in [-0.3, -0.25) is 4.79 Å². The lowest BCUT2D eigenvalue weighted by Gasteiger charge is -2.20. The highest BCUT2D eigenvalue weighted by Crippen LogP contribution is 2.34. The van der Waals surface area contributed by atoms with E-state index in [0.29, 0.717) is 17.2 Å². The highest BCUT2D eigenvalue weighted by molar-refractivity contribution is 5.81. The lowest BCUT2D eigenvalue weighted by Crippen LogP contribution is -2.09. The molecule has 1 amide bonds. The van der Waals surface area contributed by atoms with Gasteiger partial charge in [-0.15, -0.1) is 0 Å². The van der Waals surface area contributed by atoms with Crippen molar-refractivity contribution >= 4 is 17.2 Å². The van der Waals surface area contributed by atoms with E-state index in [0.717, 1.165) is 34.4 Å². The molecule has 4 aromatic rings. The van der Waals surface area contributed by atoms with Crippen LogP contribution < -0.4 is 11.4 Å². The van der Waals surface area contributed by atoms with E-state index < -0.39 is 17.4 Å². The normalized spacial score (nSPS) is 12.0. The smallest absolute Gasteiger partial charge is 0.372 e. The Morgan fingerprint density at radius 2 is 1.70 bits per heavy atom. The van der Waals surface area contributed by atoms with Crippen LogP contribution in [0.2, 0.25) is 0 Å². The van der Waals surface area contributed by atoms with Crippen LogP contribution >= 0.6 is 0 Å². The van der Waals surface area contributed by atoms with E-state index in [-0.39, 0.29) is 12.3 Å². The molecule has 0 spiro atoms. The van der Waals surface area contributed by atoms with Crippen LogP contribution in [0.15, 0.2) is 82.2 Å². The summed E-state index contributed by atoms with van der Waals surface area (Å²) in [5.74, 6) is -0.189. The molecule has 1 aromatic heterocycles. The summed E-state index contributed by atoms with van der Waals surface area (Å²) >= 11 is 0. The molecule has 0 aliphatic carbocycles. The van der Waals surface area contributed by atoms with Gasteiger partial charge in [0.25, 0.3) is 0 Å². The number of nitrogens with two attached hydrogens (primary N) is 1. The molecule has 0 saturated carbocycles. The van der Waals surface area contributed by atoms with Crippen LogP contribution in [-0.4, -0.2) is 11.6 Å². The zero-order valence-electron chi connectivity index (χ0n) is 17.7. The van der Waals surface area contributed by atoms with Gasteiger partial charge in [-0.05, 0) is 54.3 Å². The maximum Gasteiger partial charge on any atom is 0.416 e. The summed E-state index contributed by atoms with van der Waals surface area (Å²) in [7, 11) is 0. The Labute approximate surface area is 187 Å². The first kappa shape index (κ1) is 23.7. The molecule has 170 valence electrons. The van der Waals surface area contributed by atoms with E-state index >= 15 is 0 Å². The van der Waals surface area contributed by atoms with Gasteiger partial charge in [0.1, 0.15) is 0 Å². The van der Waals surface area contributed by atoms with Crippen molar-refractivity contribution in [3.63, 3.8) is 0 Å². The lowest BCUT2D eigenvalue weighted by molar-refractivity contribution is -0.137. The van der Waals surface area contributed by atoms with Gasteiger partial charge in [0, 0.05) is 11.3 Å². The van der Waals surface area contributed by atoms with Crippen molar-refractivity contribution in [1.82, 2.24) is 5.16 Å². The molecule has 2 N–H and O–H groups in total. The zero-order valence-corrected chi connectivity index (χ0v) is 17.7. The summed E-state index contributed by atoms with van der Waals surface area (Å²) in [5, 5.41) is 4.65. The number of aromatic nitrogens is 1. The first-order valence-corrected chi connectivity index (χ1v) is 9.99. The molecule has 0 aliphatic rings. The predicted molar refractivity (Wildman–Crippen MR) is 119 cm³/mol. The summed E-state index contributed by atoms with van der Waals surface area (Å²) < 4.78 is 43.7. The van der Waals surface area contributed by atoms with Crippen molar-refractivity contribution in [3.8, 4) is 0 Å². The van der Waals surface area contributed by atoms with Crippen molar-refractivity contribution in [2.45, 2.75) is 25.4 Å². The molecular weight excluding hydrogens is 433 g/mol. The summed E-state index contributed by atoms with van der Waals surface area (Å²) in [6.07, 6.45) is -2.06. The minimum Gasteiger partial charge on any atom is -0.372 e. The number of hydrogen-bond donors (Lipinski definition) is 1. The standard InChI is InChI=1S/C24H18F3NO2.CH3NO/c1-15-3-2-4-16(11-15)12-22(17-5-8-20(9-6-17)24(25,26)27)18-7-10-21-19(13-18)14-28-30-23(21)29;2-1-3/h2-11,13-14,22H,12H2,1H3;1H,(H2,2,3).